The first-order valence-electron chi connectivity index (χ1n) is 5.60. The highest BCUT2D eigenvalue weighted by Crippen LogP contribution is 2.23. The van der Waals surface area contributed by atoms with Gasteiger partial charge in [0.15, 0.2) is 0 Å². The molecule has 0 aliphatic carbocycles. The highest BCUT2D eigenvalue weighted by Gasteiger charge is 2.08. The number of aromatic nitrogens is 1. The fraction of sp³-hybridized carbons (Fsp3) is 0.0769. The Labute approximate surface area is 119 Å². The number of anilines is 2. The zero-order valence-electron chi connectivity index (χ0n) is 10.3. The topological polar surface area (TPSA) is 80.0 Å². The molecular formula is C13H13BrN4O. The van der Waals surface area contributed by atoms with Gasteiger partial charge in [-0.2, -0.15) is 0 Å². The number of nitrogens with two attached hydrogens (primary N) is 1. The molecule has 1 amide bonds. The van der Waals surface area contributed by atoms with Crippen molar-refractivity contribution in [3.63, 3.8) is 0 Å². The van der Waals surface area contributed by atoms with Crippen LogP contribution in [0.25, 0.3) is 0 Å². The van der Waals surface area contributed by atoms with Crippen LogP contribution in [0.5, 0.6) is 0 Å². The van der Waals surface area contributed by atoms with Gasteiger partial charge in [0.25, 0.3) is 5.91 Å². The van der Waals surface area contributed by atoms with Crippen molar-refractivity contribution in [2.45, 2.75) is 6.92 Å². The number of aryl methyl sites for hydroxylation is 1. The van der Waals surface area contributed by atoms with Crippen LogP contribution in [-0.4, -0.2) is 10.9 Å². The standard InChI is InChI=1S/C13H13BrN4O/c1-8-2-4-11(10(14)6-8)17-13(19)9-3-5-12(18-15)16-7-9/h2-7H,15H2,1H3,(H,16,18)(H,17,19). The molecule has 6 heteroatoms. The van der Waals surface area contributed by atoms with Crippen molar-refractivity contribution in [1.82, 2.24) is 4.98 Å². The van der Waals surface area contributed by atoms with Crippen molar-refractivity contribution in [3.05, 3.63) is 52.1 Å². The molecule has 0 spiro atoms. The second kappa shape index (κ2) is 5.81. The molecule has 5 nitrogen and oxygen atoms in total. The van der Waals surface area contributed by atoms with Crippen molar-refractivity contribution in [1.29, 1.82) is 0 Å². The van der Waals surface area contributed by atoms with Gasteiger partial charge in [-0.15, -0.1) is 0 Å². The smallest absolute Gasteiger partial charge is 0.257 e. The van der Waals surface area contributed by atoms with Crippen molar-refractivity contribution in [2.24, 2.45) is 5.84 Å². The van der Waals surface area contributed by atoms with Gasteiger partial charge in [-0.05, 0) is 52.7 Å². The van der Waals surface area contributed by atoms with E-state index in [1.54, 1.807) is 12.1 Å². The summed E-state index contributed by atoms with van der Waals surface area (Å²) in [5.41, 5.74) is 4.71. The maximum atomic E-state index is 12.0. The number of hydrazine groups is 1. The van der Waals surface area contributed by atoms with Crippen LogP contribution in [0.3, 0.4) is 0 Å². The molecule has 0 saturated heterocycles. The predicted octanol–water partition coefficient (Wildman–Crippen LogP) is 2.69. The Morgan fingerprint density at radius 1 is 1.32 bits per heavy atom. The average molecular weight is 321 g/mol. The number of benzene rings is 1. The molecule has 4 N–H and O–H groups in total. The molecule has 2 rings (SSSR count). The summed E-state index contributed by atoms with van der Waals surface area (Å²) in [4.78, 5) is 16.0. The summed E-state index contributed by atoms with van der Waals surface area (Å²) in [5, 5.41) is 2.81. The Morgan fingerprint density at radius 2 is 2.11 bits per heavy atom. The number of hydrogen-bond acceptors (Lipinski definition) is 4. The van der Waals surface area contributed by atoms with Crippen LogP contribution in [0.1, 0.15) is 15.9 Å². The average Bonchev–Trinajstić information content (AvgIpc) is 2.42. The number of nitrogen functional groups attached to an aromatic ring is 1. The van der Waals surface area contributed by atoms with Gasteiger partial charge in [-0.25, -0.2) is 10.8 Å². The molecule has 19 heavy (non-hydrogen) atoms. The lowest BCUT2D eigenvalue weighted by Gasteiger charge is -2.08. The van der Waals surface area contributed by atoms with Crippen LogP contribution in [0.2, 0.25) is 0 Å². The number of halogens is 1. The molecule has 0 aliphatic rings. The Hall–Kier alpha value is -1.92. The molecular weight excluding hydrogens is 308 g/mol. The first-order chi connectivity index (χ1) is 9.10. The second-order valence-electron chi connectivity index (χ2n) is 4.01. The highest BCUT2D eigenvalue weighted by atomic mass is 79.9. The van der Waals surface area contributed by atoms with Crippen LogP contribution in [-0.2, 0) is 0 Å². The van der Waals surface area contributed by atoms with E-state index in [0.29, 0.717) is 11.4 Å². The summed E-state index contributed by atoms with van der Waals surface area (Å²) in [6.07, 6.45) is 1.46. The van der Waals surface area contributed by atoms with Gasteiger partial charge in [-0.3, -0.25) is 4.79 Å². The minimum absolute atomic E-state index is 0.222. The molecule has 1 aromatic carbocycles. The summed E-state index contributed by atoms with van der Waals surface area (Å²) >= 11 is 3.41. The number of nitrogens with one attached hydrogen (secondary N) is 2. The summed E-state index contributed by atoms with van der Waals surface area (Å²) < 4.78 is 0.842. The summed E-state index contributed by atoms with van der Waals surface area (Å²) in [7, 11) is 0. The Kier molecular flexibility index (Phi) is 4.13. The minimum atomic E-state index is -0.222. The maximum Gasteiger partial charge on any atom is 0.257 e. The number of hydrogen-bond donors (Lipinski definition) is 3. The van der Waals surface area contributed by atoms with E-state index >= 15 is 0 Å². The number of nitrogens with zero attached hydrogens (tertiary/aromatic N) is 1. The lowest BCUT2D eigenvalue weighted by atomic mass is 10.2. The van der Waals surface area contributed by atoms with Crippen LogP contribution < -0.4 is 16.6 Å². The Bertz CT molecular complexity index is 598. The molecule has 0 aliphatic heterocycles. The summed E-state index contributed by atoms with van der Waals surface area (Å²) in [6.45, 7) is 1.98. The molecule has 0 bridgehead atoms. The van der Waals surface area contributed by atoms with E-state index in [0.717, 1.165) is 15.7 Å². The third-order valence-corrected chi connectivity index (χ3v) is 3.20. The van der Waals surface area contributed by atoms with Crippen LogP contribution >= 0.6 is 15.9 Å². The Balaban J connectivity index is 2.15. The number of carbonyl (C=O) groups excluding carboxylic acids is 1. The molecule has 1 aromatic heterocycles. The van der Waals surface area contributed by atoms with Crippen molar-refractivity contribution < 1.29 is 4.79 Å². The van der Waals surface area contributed by atoms with Gasteiger partial charge in [0.2, 0.25) is 0 Å². The molecule has 0 saturated carbocycles. The van der Waals surface area contributed by atoms with Crippen molar-refractivity contribution >= 4 is 33.3 Å². The molecule has 0 unspecified atom stereocenters. The lowest BCUT2D eigenvalue weighted by Crippen LogP contribution is -2.14. The molecule has 98 valence electrons. The molecule has 0 radical (unpaired) electrons. The van der Waals surface area contributed by atoms with E-state index < -0.39 is 0 Å². The Morgan fingerprint density at radius 3 is 2.68 bits per heavy atom. The fourth-order valence-electron chi connectivity index (χ4n) is 1.53. The van der Waals surface area contributed by atoms with E-state index in [1.807, 2.05) is 25.1 Å². The summed E-state index contributed by atoms with van der Waals surface area (Å²) in [6, 6.07) is 9.01. The van der Waals surface area contributed by atoms with Crippen LogP contribution in [0, 0.1) is 6.92 Å². The van der Waals surface area contributed by atoms with Crippen LogP contribution in [0.15, 0.2) is 41.0 Å². The van der Waals surface area contributed by atoms with Crippen LogP contribution in [0.4, 0.5) is 11.5 Å². The molecule has 1 heterocycles. The summed E-state index contributed by atoms with van der Waals surface area (Å²) in [5.74, 6) is 5.50. The van der Waals surface area contributed by atoms with E-state index in [9.17, 15) is 4.79 Å². The van der Waals surface area contributed by atoms with Gasteiger partial charge in [0.1, 0.15) is 5.82 Å². The minimum Gasteiger partial charge on any atom is -0.321 e. The van der Waals surface area contributed by atoms with Gasteiger partial charge < -0.3 is 10.7 Å². The van der Waals surface area contributed by atoms with Gasteiger partial charge in [0, 0.05) is 10.7 Å². The number of pyridine rings is 1. The molecule has 0 fully saturated rings. The van der Waals surface area contributed by atoms with Gasteiger partial charge in [0.05, 0.1) is 11.3 Å². The van der Waals surface area contributed by atoms with E-state index in [4.69, 9.17) is 5.84 Å². The van der Waals surface area contributed by atoms with Crippen molar-refractivity contribution in [2.75, 3.05) is 10.7 Å². The normalized spacial score (nSPS) is 10.1. The third kappa shape index (κ3) is 3.30. The zero-order valence-corrected chi connectivity index (χ0v) is 11.9. The lowest BCUT2D eigenvalue weighted by molar-refractivity contribution is 0.102. The molecule has 2 aromatic rings. The number of carbonyl (C=O) groups is 1. The predicted molar refractivity (Wildman–Crippen MR) is 78.9 cm³/mol. The number of rotatable bonds is 3. The SMILES string of the molecule is Cc1ccc(NC(=O)c2ccc(NN)nc2)c(Br)c1. The maximum absolute atomic E-state index is 12.0. The molecule has 0 atom stereocenters. The van der Waals surface area contributed by atoms with Gasteiger partial charge >= 0.3 is 0 Å². The second-order valence-corrected chi connectivity index (χ2v) is 4.87. The fourth-order valence-corrected chi connectivity index (χ4v) is 2.12. The van der Waals surface area contributed by atoms with E-state index in [-0.39, 0.29) is 5.91 Å². The highest BCUT2D eigenvalue weighted by molar-refractivity contribution is 9.10. The first kappa shape index (κ1) is 13.5. The monoisotopic (exact) mass is 320 g/mol. The third-order valence-electron chi connectivity index (χ3n) is 2.55. The number of amides is 1. The first-order valence-corrected chi connectivity index (χ1v) is 6.39. The quantitative estimate of drug-likeness (QED) is 0.600. The van der Waals surface area contributed by atoms with E-state index in [2.05, 4.69) is 31.7 Å². The largest absolute Gasteiger partial charge is 0.321 e. The zero-order chi connectivity index (χ0) is 13.8. The van der Waals surface area contributed by atoms with E-state index in [1.165, 1.54) is 6.20 Å². The van der Waals surface area contributed by atoms with Crippen molar-refractivity contribution in [3.8, 4) is 0 Å². The van der Waals surface area contributed by atoms with Gasteiger partial charge in [-0.1, -0.05) is 6.07 Å².